The Morgan fingerprint density at radius 1 is 1.31 bits per heavy atom. The number of fused-ring (bicyclic) bond motifs is 2. The topological polar surface area (TPSA) is 112 Å². The molecule has 0 fully saturated rings. The second kappa shape index (κ2) is 8.33. The molecule has 1 amide bonds. The van der Waals surface area contributed by atoms with E-state index in [1.807, 2.05) is 18.8 Å². The van der Waals surface area contributed by atoms with Gasteiger partial charge in [0, 0.05) is 18.1 Å². The number of aromatic amines is 1. The fourth-order valence-corrected chi connectivity index (χ4v) is 3.53. The average molecular weight is 436 g/mol. The quantitative estimate of drug-likeness (QED) is 0.411. The molecule has 3 heterocycles. The fourth-order valence-electron chi connectivity index (χ4n) is 3.53. The molecule has 0 saturated carbocycles. The first-order valence-electron chi connectivity index (χ1n) is 10.6. The van der Waals surface area contributed by atoms with Gasteiger partial charge in [0.15, 0.2) is 5.65 Å². The molecule has 9 nitrogen and oxygen atoms in total. The van der Waals surface area contributed by atoms with Crippen molar-refractivity contribution in [2.24, 2.45) is 0 Å². The van der Waals surface area contributed by atoms with Crippen LogP contribution in [0.5, 0.6) is 0 Å². The Kier molecular flexibility index (Phi) is 5.70. The van der Waals surface area contributed by atoms with Crippen LogP contribution in [0.25, 0.3) is 33.5 Å². The summed E-state index contributed by atoms with van der Waals surface area (Å²) in [4.78, 5) is 27.2. The predicted molar refractivity (Wildman–Crippen MR) is 125 cm³/mol. The van der Waals surface area contributed by atoms with Gasteiger partial charge in [-0.05, 0) is 46.5 Å². The molecule has 9 heteroatoms. The fraction of sp³-hybridized carbons (Fsp3) is 0.391. The highest BCUT2D eigenvalue weighted by Gasteiger charge is 2.23. The van der Waals surface area contributed by atoms with Crippen molar-refractivity contribution in [3.63, 3.8) is 0 Å². The molecule has 0 aliphatic rings. The summed E-state index contributed by atoms with van der Waals surface area (Å²) in [6, 6.07) is 6.24. The van der Waals surface area contributed by atoms with Crippen LogP contribution in [0.15, 0.2) is 30.6 Å². The number of aliphatic hydroxyl groups excluding tert-OH is 1. The van der Waals surface area contributed by atoms with Crippen LogP contribution in [0, 0.1) is 6.92 Å². The molecule has 3 aromatic heterocycles. The summed E-state index contributed by atoms with van der Waals surface area (Å²) in [5.74, 6) is -0.321. The van der Waals surface area contributed by atoms with Gasteiger partial charge in [-0.2, -0.15) is 5.10 Å². The maximum Gasteiger partial charge on any atom is 0.255 e. The van der Waals surface area contributed by atoms with Gasteiger partial charge in [0.2, 0.25) is 0 Å². The number of nitrogens with zero attached hydrogens (tertiary/aromatic N) is 5. The first-order valence-corrected chi connectivity index (χ1v) is 10.6. The Morgan fingerprint density at radius 3 is 2.81 bits per heavy atom. The number of aliphatic hydroxyl groups is 1. The zero-order valence-corrected chi connectivity index (χ0v) is 19.1. The highest BCUT2D eigenvalue weighted by atomic mass is 16.3. The number of rotatable bonds is 7. The van der Waals surface area contributed by atoms with E-state index in [4.69, 9.17) is 10.1 Å². The minimum absolute atomic E-state index is 0.173. The largest absolute Gasteiger partial charge is 0.394 e. The van der Waals surface area contributed by atoms with Crippen LogP contribution >= 0.6 is 0 Å². The second-order valence-electron chi connectivity index (χ2n) is 9.05. The molecule has 0 aliphatic carbocycles. The lowest BCUT2D eigenvalue weighted by Crippen LogP contribution is -2.46. The van der Waals surface area contributed by atoms with E-state index in [-0.39, 0.29) is 12.5 Å². The summed E-state index contributed by atoms with van der Waals surface area (Å²) < 4.78 is 2.00. The molecule has 0 radical (unpaired) electrons. The van der Waals surface area contributed by atoms with E-state index < -0.39 is 5.54 Å². The van der Waals surface area contributed by atoms with Crippen molar-refractivity contribution >= 4 is 28.0 Å². The Bertz CT molecular complexity index is 1290. The lowest BCUT2D eigenvalue weighted by atomic mass is 10.1. The van der Waals surface area contributed by atoms with E-state index in [0.717, 1.165) is 35.2 Å². The number of benzene rings is 1. The molecule has 0 saturated heterocycles. The van der Waals surface area contributed by atoms with Gasteiger partial charge in [-0.25, -0.2) is 9.97 Å². The Hall–Kier alpha value is -3.30. The molecule has 4 rings (SSSR count). The molecular formula is C23H29N7O2. The SMILES string of the molecule is Cc1ccc2c(-c3cnc4[nH]cc(C(=O)NC(C)(C)CO)c4n3)nn(CCN(C)C)c2c1. The van der Waals surface area contributed by atoms with Gasteiger partial charge in [-0.15, -0.1) is 0 Å². The zero-order valence-electron chi connectivity index (χ0n) is 19.1. The van der Waals surface area contributed by atoms with Crippen LogP contribution < -0.4 is 5.32 Å². The second-order valence-corrected chi connectivity index (χ2v) is 9.05. The molecule has 0 bridgehead atoms. The smallest absolute Gasteiger partial charge is 0.255 e. The maximum atomic E-state index is 12.8. The predicted octanol–water partition coefficient (Wildman–Crippen LogP) is 2.35. The third kappa shape index (κ3) is 4.21. The Balaban J connectivity index is 1.79. The van der Waals surface area contributed by atoms with Crippen LogP contribution in [-0.2, 0) is 6.54 Å². The van der Waals surface area contributed by atoms with E-state index in [2.05, 4.69) is 45.3 Å². The Labute approximate surface area is 186 Å². The van der Waals surface area contributed by atoms with Crippen LogP contribution in [0.1, 0.15) is 29.8 Å². The van der Waals surface area contributed by atoms with Crippen molar-refractivity contribution in [1.29, 1.82) is 0 Å². The molecule has 0 atom stereocenters. The van der Waals surface area contributed by atoms with Crippen molar-refractivity contribution in [1.82, 2.24) is 34.9 Å². The average Bonchev–Trinajstić information content (AvgIpc) is 3.32. The number of amides is 1. The molecule has 1 aromatic carbocycles. The standard InChI is InChI=1S/C23H29N7O2/c1-14-6-7-15-18(10-14)30(9-8-29(4)5)28-19(15)17-12-25-21-20(26-17)16(11-24-21)22(32)27-23(2,3)13-31/h6-7,10-12,31H,8-9,13H2,1-5H3,(H,24,25)(H,27,32). The van der Waals surface area contributed by atoms with Gasteiger partial charge >= 0.3 is 0 Å². The lowest BCUT2D eigenvalue weighted by Gasteiger charge is -2.23. The number of aryl methyl sites for hydroxylation is 1. The van der Waals surface area contributed by atoms with Crippen LogP contribution in [0.4, 0.5) is 0 Å². The van der Waals surface area contributed by atoms with Crippen molar-refractivity contribution in [3.8, 4) is 11.4 Å². The van der Waals surface area contributed by atoms with E-state index in [1.165, 1.54) is 0 Å². The number of carbonyl (C=O) groups is 1. The Morgan fingerprint density at radius 2 is 2.09 bits per heavy atom. The summed E-state index contributed by atoms with van der Waals surface area (Å²) in [5.41, 5.74) is 4.16. The normalized spacial score (nSPS) is 12.2. The first kappa shape index (κ1) is 21.9. The van der Waals surface area contributed by atoms with E-state index in [1.54, 1.807) is 26.2 Å². The number of nitrogens with one attached hydrogen (secondary N) is 2. The van der Waals surface area contributed by atoms with Crippen molar-refractivity contribution in [2.45, 2.75) is 32.9 Å². The molecule has 0 spiro atoms. The van der Waals surface area contributed by atoms with E-state index in [9.17, 15) is 9.90 Å². The number of H-pyrrole nitrogens is 1. The zero-order chi connectivity index (χ0) is 23.0. The summed E-state index contributed by atoms with van der Waals surface area (Å²) in [5, 5.41) is 18.2. The minimum atomic E-state index is -0.745. The monoisotopic (exact) mass is 435 g/mol. The molecule has 4 aromatic rings. The van der Waals surface area contributed by atoms with Gasteiger partial charge in [0.05, 0.1) is 36.0 Å². The third-order valence-electron chi connectivity index (χ3n) is 5.38. The molecule has 0 aliphatic heterocycles. The number of hydrogen-bond acceptors (Lipinski definition) is 6. The van der Waals surface area contributed by atoms with Gasteiger partial charge < -0.3 is 20.3 Å². The molecular weight excluding hydrogens is 406 g/mol. The van der Waals surface area contributed by atoms with E-state index >= 15 is 0 Å². The molecule has 168 valence electrons. The van der Waals surface area contributed by atoms with Gasteiger partial charge in [0.25, 0.3) is 5.91 Å². The van der Waals surface area contributed by atoms with Crippen LogP contribution in [0.3, 0.4) is 0 Å². The molecule has 3 N–H and O–H groups in total. The van der Waals surface area contributed by atoms with Crippen molar-refractivity contribution < 1.29 is 9.90 Å². The minimum Gasteiger partial charge on any atom is -0.394 e. The van der Waals surface area contributed by atoms with Gasteiger partial charge in [0.1, 0.15) is 16.9 Å². The number of likely N-dealkylation sites (N-methyl/N-ethyl adjacent to an activating group) is 1. The van der Waals surface area contributed by atoms with Crippen molar-refractivity contribution in [2.75, 3.05) is 27.2 Å². The molecule has 0 unspecified atom stereocenters. The number of aromatic nitrogens is 5. The van der Waals surface area contributed by atoms with Gasteiger partial charge in [-0.1, -0.05) is 12.1 Å². The summed E-state index contributed by atoms with van der Waals surface area (Å²) in [7, 11) is 4.07. The lowest BCUT2D eigenvalue weighted by molar-refractivity contribution is 0.0871. The number of hydrogen-bond donors (Lipinski definition) is 3. The molecule has 32 heavy (non-hydrogen) atoms. The maximum absolute atomic E-state index is 12.8. The summed E-state index contributed by atoms with van der Waals surface area (Å²) >= 11 is 0. The van der Waals surface area contributed by atoms with E-state index in [0.29, 0.717) is 22.4 Å². The summed E-state index contributed by atoms with van der Waals surface area (Å²) in [6.45, 7) is 7.01. The third-order valence-corrected chi connectivity index (χ3v) is 5.38. The van der Waals surface area contributed by atoms with Crippen LogP contribution in [-0.4, -0.2) is 73.4 Å². The first-order chi connectivity index (χ1) is 15.2. The summed E-state index contributed by atoms with van der Waals surface area (Å²) in [6.07, 6.45) is 3.27. The number of carbonyl (C=O) groups excluding carboxylic acids is 1. The highest BCUT2D eigenvalue weighted by Crippen LogP contribution is 2.29. The highest BCUT2D eigenvalue weighted by molar-refractivity contribution is 6.05. The van der Waals surface area contributed by atoms with Crippen LogP contribution in [0.2, 0.25) is 0 Å². The van der Waals surface area contributed by atoms with Crippen molar-refractivity contribution in [3.05, 3.63) is 41.7 Å². The van der Waals surface area contributed by atoms with Gasteiger partial charge in [-0.3, -0.25) is 9.48 Å².